The molecular formula is C10H18N2O4. The molecule has 0 saturated carbocycles. The van der Waals surface area contributed by atoms with E-state index in [0.717, 1.165) is 0 Å². The lowest BCUT2D eigenvalue weighted by Crippen LogP contribution is -2.49. The highest BCUT2D eigenvalue weighted by molar-refractivity contribution is 5.85. The molecule has 0 unspecified atom stereocenters. The Bertz CT molecular complexity index is 272. The van der Waals surface area contributed by atoms with E-state index in [1.165, 1.54) is 0 Å². The number of alkyl carbamates (subject to hydrolysis) is 1. The predicted molar refractivity (Wildman–Crippen MR) is 57.0 cm³/mol. The molecule has 1 saturated heterocycles. The summed E-state index contributed by atoms with van der Waals surface area (Å²) < 4.78 is 10.2. The molecule has 1 aliphatic rings. The largest absolute Gasteiger partial charge is 0.444 e. The van der Waals surface area contributed by atoms with Gasteiger partial charge in [0.15, 0.2) is 0 Å². The van der Waals surface area contributed by atoms with Gasteiger partial charge < -0.3 is 20.1 Å². The molecule has 92 valence electrons. The summed E-state index contributed by atoms with van der Waals surface area (Å²) in [4.78, 5) is 22.9. The standard InChI is InChI=1S/C10H18N2O4/c1-10(2,3)16-9(14)12-7-6-15-5-4-11-8(7)13/h7H,4-6H2,1-3H3,(H,11,13)(H,12,14)/t7-/m0/s1. The predicted octanol–water partition coefficient (Wildman–Crippen LogP) is 0.0261. The van der Waals surface area contributed by atoms with Crippen molar-refractivity contribution in [1.29, 1.82) is 0 Å². The van der Waals surface area contributed by atoms with Crippen LogP contribution in [0.3, 0.4) is 0 Å². The lowest BCUT2D eigenvalue weighted by molar-refractivity contribution is -0.123. The summed E-state index contributed by atoms with van der Waals surface area (Å²) in [6.07, 6.45) is -0.613. The minimum Gasteiger partial charge on any atom is -0.444 e. The van der Waals surface area contributed by atoms with Gasteiger partial charge >= 0.3 is 6.09 Å². The molecule has 2 amide bonds. The van der Waals surface area contributed by atoms with Crippen molar-refractivity contribution in [1.82, 2.24) is 10.6 Å². The second-order valence-electron chi connectivity index (χ2n) is 4.56. The van der Waals surface area contributed by atoms with Gasteiger partial charge in [-0.05, 0) is 20.8 Å². The molecule has 0 aromatic heterocycles. The Labute approximate surface area is 94.7 Å². The van der Waals surface area contributed by atoms with Crippen molar-refractivity contribution in [3.63, 3.8) is 0 Å². The number of hydrogen-bond donors (Lipinski definition) is 2. The van der Waals surface area contributed by atoms with E-state index < -0.39 is 17.7 Å². The van der Waals surface area contributed by atoms with Gasteiger partial charge in [-0.25, -0.2) is 4.79 Å². The highest BCUT2D eigenvalue weighted by atomic mass is 16.6. The average molecular weight is 230 g/mol. The van der Waals surface area contributed by atoms with Gasteiger partial charge in [-0.2, -0.15) is 0 Å². The summed E-state index contributed by atoms with van der Waals surface area (Å²) in [5.41, 5.74) is -0.577. The van der Waals surface area contributed by atoms with Gasteiger partial charge in [0.1, 0.15) is 11.6 Å². The van der Waals surface area contributed by atoms with Crippen molar-refractivity contribution in [2.24, 2.45) is 0 Å². The van der Waals surface area contributed by atoms with Gasteiger partial charge in [-0.15, -0.1) is 0 Å². The molecule has 0 aromatic carbocycles. The van der Waals surface area contributed by atoms with Gasteiger partial charge in [0.2, 0.25) is 5.91 Å². The molecule has 0 radical (unpaired) electrons. The maximum atomic E-state index is 11.5. The monoisotopic (exact) mass is 230 g/mol. The minimum absolute atomic E-state index is 0.172. The maximum Gasteiger partial charge on any atom is 0.408 e. The van der Waals surface area contributed by atoms with E-state index in [2.05, 4.69) is 10.6 Å². The zero-order valence-electron chi connectivity index (χ0n) is 9.83. The molecule has 1 heterocycles. The fourth-order valence-electron chi connectivity index (χ4n) is 1.20. The number of rotatable bonds is 1. The highest BCUT2D eigenvalue weighted by Gasteiger charge is 2.25. The van der Waals surface area contributed by atoms with E-state index in [1.807, 2.05) is 0 Å². The first-order valence-corrected chi connectivity index (χ1v) is 5.23. The summed E-state index contributed by atoms with van der Waals surface area (Å²) in [5.74, 6) is -0.247. The molecule has 2 N–H and O–H groups in total. The molecule has 6 heteroatoms. The van der Waals surface area contributed by atoms with Crippen molar-refractivity contribution < 1.29 is 19.1 Å². The van der Waals surface area contributed by atoms with Crippen molar-refractivity contribution in [3.05, 3.63) is 0 Å². The third-order valence-electron chi connectivity index (χ3n) is 1.84. The Morgan fingerprint density at radius 3 is 2.88 bits per heavy atom. The van der Waals surface area contributed by atoms with Gasteiger partial charge in [0.25, 0.3) is 0 Å². The minimum atomic E-state index is -0.683. The molecule has 1 rings (SSSR count). The van der Waals surface area contributed by atoms with Crippen molar-refractivity contribution in [2.75, 3.05) is 19.8 Å². The van der Waals surface area contributed by atoms with Crippen LogP contribution in [0.25, 0.3) is 0 Å². The molecule has 0 aromatic rings. The molecule has 0 aliphatic carbocycles. The average Bonchev–Trinajstić information content (AvgIpc) is 2.29. The first kappa shape index (κ1) is 12.8. The SMILES string of the molecule is CC(C)(C)OC(=O)N[C@H]1COCCNC1=O. The smallest absolute Gasteiger partial charge is 0.408 e. The first-order chi connectivity index (χ1) is 7.38. The van der Waals surface area contributed by atoms with Crippen LogP contribution < -0.4 is 10.6 Å². The third kappa shape index (κ3) is 4.48. The van der Waals surface area contributed by atoms with Crippen LogP contribution in [0.5, 0.6) is 0 Å². The van der Waals surface area contributed by atoms with Crippen molar-refractivity contribution >= 4 is 12.0 Å². The van der Waals surface area contributed by atoms with E-state index in [1.54, 1.807) is 20.8 Å². The summed E-state index contributed by atoms with van der Waals surface area (Å²) in [6.45, 7) is 6.37. The summed E-state index contributed by atoms with van der Waals surface area (Å²) in [6, 6.07) is -0.683. The maximum absolute atomic E-state index is 11.5. The van der Waals surface area contributed by atoms with Crippen LogP contribution >= 0.6 is 0 Å². The summed E-state index contributed by atoms with van der Waals surface area (Å²) in [7, 11) is 0. The molecular weight excluding hydrogens is 212 g/mol. The Balaban J connectivity index is 2.45. The number of hydrogen-bond acceptors (Lipinski definition) is 4. The number of nitrogens with one attached hydrogen (secondary N) is 2. The molecule has 16 heavy (non-hydrogen) atoms. The molecule has 6 nitrogen and oxygen atoms in total. The number of carbonyl (C=O) groups is 2. The molecule has 1 aliphatic heterocycles. The van der Waals surface area contributed by atoms with E-state index in [0.29, 0.717) is 13.2 Å². The second-order valence-corrected chi connectivity index (χ2v) is 4.56. The second kappa shape index (κ2) is 5.16. The number of ether oxygens (including phenoxy) is 2. The lowest BCUT2D eigenvalue weighted by atomic mass is 10.2. The zero-order chi connectivity index (χ0) is 12.2. The Morgan fingerprint density at radius 2 is 2.25 bits per heavy atom. The van der Waals surface area contributed by atoms with Crippen LogP contribution in [-0.4, -0.2) is 43.4 Å². The summed E-state index contributed by atoms with van der Waals surface area (Å²) in [5, 5.41) is 5.10. The fourth-order valence-corrected chi connectivity index (χ4v) is 1.20. The number of carbonyl (C=O) groups excluding carboxylic acids is 2. The van der Waals surface area contributed by atoms with Crippen LogP contribution in [0.1, 0.15) is 20.8 Å². The van der Waals surface area contributed by atoms with Crippen LogP contribution in [-0.2, 0) is 14.3 Å². The fraction of sp³-hybridized carbons (Fsp3) is 0.800. The van der Waals surface area contributed by atoms with Crippen LogP contribution in [0, 0.1) is 0 Å². The summed E-state index contributed by atoms with van der Waals surface area (Å²) >= 11 is 0. The van der Waals surface area contributed by atoms with Crippen LogP contribution in [0.15, 0.2) is 0 Å². The van der Waals surface area contributed by atoms with Crippen LogP contribution in [0.2, 0.25) is 0 Å². The number of amides is 2. The van der Waals surface area contributed by atoms with E-state index >= 15 is 0 Å². The van der Waals surface area contributed by atoms with E-state index in [4.69, 9.17) is 9.47 Å². The Kier molecular flexibility index (Phi) is 4.12. The Morgan fingerprint density at radius 1 is 1.56 bits per heavy atom. The molecule has 0 spiro atoms. The van der Waals surface area contributed by atoms with Gasteiger partial charge in [-0.1, -0.05) is 0 Å². The highest BCUT2D eigenvalue weighted by Crippen LogP contribution is 2.07. The van der Waals surface area contributed by atoms with Crippen molar-refractivity contribution in [2.45, 2.75) is 32.4 Å². The zero-order valence-corrected chi connectivity index (χ0v) is 9.83. The van der Waals surface area contributed by atoms with Gasteiger partial charge in [-0.3, -0.25) is 4.79 Å². The van der Waals surface area contributed by atoms with E-state index in [-0.39, 0.29) is 12.5 Å². The topological polar surface area (TPSA) is 76.7 Å². The quantitative estimate of drug-likeness (QED) is 0.666. The third-order valence-corrected chi connectivity index (χ3v) is 1.84. The Hall–Kier alpha value is -1.30. The van der Waals surface area contributed by atoms with Crippen molar-refractivity contribution in [3.8, 4) is 0 Å². The molecule has 0 bridgehead atoms. The van der Waals surface area contributed by atoms with Gasteiger partial charge in [0.05, 0.1) is 13.2 Å². The van der Waals surface area contributed by atoms with E-state index in [9.17, 15) is 9.59 Å². The lowest BCUT2D eigenvalue weighted by Gasteiger charge is -2.22. The molecule has 1 fully saturated rings. The normalized spacial score (nSPS) is 21.9. The molecule has 1 atom stereocenters. The van der Waals surface area contributed by atoms with Crippen LogP contribution in [0.4, 0.5) is 4.79 Å². The van der Waals surface area contributed by atoms with Gasteiger partial charge in [0, 0.05) is 6.54 Å². The first-order valence-electron chi connectivity index (χ1n) is 5.23.